The Hall–Kier alpha value is -1.24. The molecule has 1 nitrogen and oxygen atoms in total. The second-order valence-electron chi connectivity index (χ2n) is 1.95. The molecule has 0 amide bonds. The summed E-state index contributed by atoms with van der Waals surface area (Å²) in [4.78, 5) is 0. The summed E-state index contributed by atoms with van der Waals surface area (Å²) >= 11 is 0. The second-order valence-corrected chi connectivity index (χ2v) is 1.95. The van der Waals surface area contributed by atoms with Crippen LogP contribution in [0.25, 0.3) is 6.08 Å². The van der Waals surface area contributed by atoms with E-state index in [1.54, 1.807) is 13.4 Å². The molecule has 0 unspecified atom stereocenters. The first kappa shape index (κ1) is 20.2. The maximum absolute atomic E-state index is 4.77. The van der Waals surface area contributed by atoms with Crippen molar-refractivity contribution in [2.75, 3.05) is 7.11 Å². The average molecular weight is 224 g/mol. The summed E-state index contributed by atoms with van der Waals surface area (Å²) in [5.41, 5.74) is 1.16. The highest BCUT2D eigenvalue weighted by molar-refractivity contribution is 5.47. The van der Waals surface area contributed by atoms with Crippen molar-refractivity contribution in [2.45, 2.75) is 41.5 Å². The van der Waals surface area contributed by atoms with E-state index >= 15 is 0 Å². The van der Waals surface area contributed by atoms with Crippen LogP contribution in [-0.4, -0.2) is 7.11 Å². The Labute approximate surface area is 102 Å². The molecule has 0 N–H and O–H groups in total. The third-order valence-electron chi connectivity index (χ3n) is 1.20. The van der Waals surface area contributed by atoms with Crippen molar-refractivity contribution in [3.8, 4) is 0 Å². The van der Waals surface area contributed by atoms with E-state index in [0.29, 0.717) is 0 Å². The number of methoxy groups -OCH3 is 1. The fraction of sp³-hybridized carbons (Fsp3) is 0.467. The van der Waals surface area contributed by atoms with E-state index in [1.165, 1.54) is 0 Å². The molecule has 1 aromatic rings. The van der Waals surface area contributed by atoms with E-state index in [1.807, 2.05) is 78.0 Å². The molecule has 1 heteroatoms. The molecule has 0 fully saturated rings. The molecule has 0 saturated heterocycles. The van der Waals surface area contributed by atoms with Crippen LogP contribution in [0.15, 0.2) is 36.6 Å². The van der Waals surface area contributed by atoms with Crippen molar-refractivity contribution in [2.24, 2.45) is 0 Å². The van der Waals surface area contributed by atoms with Gasteiger partial charge in [-0.15, -0.1) is 0 Å². The fourth-order valence-corrected chi connectivity index (χ4v) is 0.711. The van der Waals surface area contributed by atoms with Gasteiger partial charge >= 0.3 is 0 Å². The van der Waals surface area contributed by atoms with Crippen LogP contribution in [-0.2, 0) is 4.74 Å². The van der Waals surface area contributed by atoms with Gasteiger partial charge in [0.1, 0.15) is 0 Å². The minimum Gasteiger partial charge on any atom is -0.504 e. The monoisotopic (exact) mass is 224 g/mol. The highest BCUT2D eigenvalue weighted by Crippen LogP contribution is 1.99. The van der Waals surface area contributed by atoms with E-state index < -0.39 is 0 Å². The minimum absolute atomic E-state index is 1.16. The van der Waals surface area contributed by atoms with Crippen molar-refractivity contribution < 1.29 is 4.74 Å². The van der Waals surface area contributed by atoms with Gasteiger partial charge in [0, 0.05) is 0 Å². The molecule has 0 radical (unpaired) electrons. The third kappa shape index (κ3) is 15.2. The van der Waals surface area contributed by atoms with Crippen LogP contribution >= 0.6 is 0 Å². The Morgan fingerprint density at radius 3 is 1.62 bits per heavy atom. The van der Waals surface area contributed by atoms with Crippen LogP contribution in [0.2, 0.25) is 0 Å². The van der Waals surface area contributed by atoms with Gasteiger partial charge in [0.05, 0.1) is 13.4 Å². The van der Waals surface area contributed by atoms with Gasteiger partial charge in [0.25, 0.3) is 0 Å². The lowest BCUT2D eigenvalue weighted by molar-refractivity contribution is 0.341. The predicted octanol–water partition coefficient (Wildman–Crippen LogP) is 5.38. The van der Waals surface area contributed by atoms with Crippen LogP contribution in [0.4, 0.5) is 0 Å². The molecule has 0 heterocycles. The van der Waals surface area contributed by atoms with Crippen LogP contribution in [0.1, 0.15) is 47.1 Å². The molecule has 0 aliphatic heterocycles. The standard InChI is InChI=1S/C9H10O.3C2H6/c1-10-8-7-9-5-3-2-4-6-9;3*1-2/h2-8H,1H3;3*1-2H3/b8-7+;;;. The van der Waals surface area contributed by atoms with Crippen LogP contribution in [0, 0.1) is 0 Å². The highest BCUT2D eigenvalue weighted by atomic mass is 16.5. The minimum atomic E-state index is 1.16. The molecule has 0 bridgehead atoms. The smallest absolute Gasteiger partial charge is 0.0830 e. The Balaban J connectivity index is -0.000000245. The zero-order chi connectivity index (χ0) is 13.2. The lowest BCUT2D eigenvalue weighted by Gasteiger charge is -1.89. The zero-order valence-electron chi connectivity index (χ0n) is 11.9. The number of hydrogen-bond donors (Lipinski definition) is 0. The SMILES string of the molecule is CC.CC.CC.CO/C=C/c1ccccc1. The first-order valence-electron chi connectivity index (χ1n) is 6.18. The normalized spacial score (nSPS) is 7.44. The summed E-state index contributed by atoms with van der Waals surface area (Å²) in [7, 11) is 1.64. The Kier molecular flexibility index (Phi) is 29.7. The molecule has 0 spiro atoms. The topological polar surface area (TPSA) is 9.23 Å². The fourth-order valence-electron chi connectivity index (χ4n) is 0.711. The molecular formula is C15H28O. The molecule has 0 atom stereocenters. The van der Waals surface area contributed by atoms with Gasteiger partial charge in [0.15, 0.2) is 0 Å². The number of hydrogen-bond acceptors (Lipinski definition) is 1. The Morgan fingerprint density at radius 1 is 0.812 bits per heavy atom. The van der Waals surface area contributed by atoms with Crippen molar-refractivity contribution in [3.05, 3.63) is 42.2 Å². The summed E-state index contributed by atoms with van der Waals surface area (Å²) in [6.07, 6.45) is 3.58. The molecule has 1 rings (SSSR count). The van der Waals surface area contributed by atoms with Gasteiger partial charge in [0.2, 0.25) is 0 Å². The summed E-state index contributed by atoms with van der Waals surface area (Å²) in [6, 6.07) is 10.0. The Morgan fingerprint density at radius 2 is 1.25 bits per heavy atom. The van der Waals surface area contributed by atoms with Gasteiger partial charge in [-0.05, 0) is 11.6 Å². The van der Waals surface area contributed by atoms with Crippen molar-refractivity contribution >= 4 is 6.08 Å². The first-order chi connectivity index (χ1) is 7.93. The summed E-state index contributed by atoms with van der Waals surface area (Å²) in [6.45, 7) is 12.0. The molecule has 16 heavy (non-hydrogen) atoms. The van der Waals surface area contributed by atoms with E-state index in [0.717, 1.165) is 5.56 Å². The average Bonchev–Trinajstić information content (AvgIpc) is 2.44. The Bertz CT molecular complexity index is 202. The summed E-state index contributed by atoms with van der Waals surface area (Å²) in [5.74, 6) is 0. The molecule has 0 aliphatic rings. The van der Waals surface area contributed by atoms with Crippen molar-refractivity contribution in [1.29, 1.82) is 0 Å². The molecule has 0 aliphatic carbocycles. The second kappa shape index (κ2) is 23.5. The third-order valence-corrected chi connectivity index (χ3v) is 1.20. The highest BCUT2D eigenvalue weighted by Gasteiger charge is 1.79. The number of ether oxygens (including phenoxy) is 1. The maximum atomic E-state index is 4.77. The van der Waals surface area contributed by atoms with E-state index in [2.05, 4.69) is 0 Å². The van der Waals surface area contributed by atoms with E-state index in [9.17, 15) is 0 Å². The van der Waals surface area contributed by atoms with Crippen LogP contribution in [0.3, 0.4) is 0 Å². The zero-order valence-corrected chi connectivity index (χ0v) is 11.9. The van der Waals surface area contributed by atoms with Gasteiger partial charge in [-0.2, -0.15) is 0 Å². The maximum Gasteiger partial charge on any atom is 0.0830 e. The molecular weight excluding hydrogens is 196 g/mol. The van der Waals surface area contributed by atoms with Gasteiger partial charge in [-0.1, -0.05) is 71.9 Å². The molecule has 0 aromatic heterocycles. The molecule has 1 aromatic carbocycles. The van der Waals surface area contributed by atoms with Crippen molar-refractivity contribution in [3.63, 3.8) is 0 Å². The summed E-state index contributed by atoms with van der Waals surface area (Å²) < 4.78 is 4.77. The lowest BCUT2D eigenvalue weighted by Crippen LogP contribution is -1.69. The van der Waals surface area contributed by atoms with Gasteiger partial charge < -0.3 is 4.74 Å². The predicted molar refractivity (Wildman–Crippen MR) is 76.5 cm³/mol. The number of benzene rings is 1. The van der Waals surface area contributed by atoms with Crippen LogP contribution in [0.5, 0.6) is 0 Å². The molecule has 94 valence electrons. The van der Waals surface area contributed by atoms with Gasteiger partial charge in [-0.3, -0.25) is 0 Å². The number of rotatable bonds is 2. The first-order valence-corrected chi connectivity index (χ1v) is 6.18. The van der Waals surface area contributed by atoms with Crippen molar-refractivity contribution in [1.82, 2.24) is 0 Å². The van der Waals surface area contributed by atoms with E-state index in [-0.39, 0.29) is 0 Å². The largest absolute Gasteiger partial charge is 0.504 e. The lowest BCUT2D eigenvalue weighted by atomic mass is 10.2. The van der Waals surface area contributed by atoms with Gasteiger partial charge in [-0.25, -0.2) is 0 Å². The molecule has 0 saturated carbocycles. The van der Waals surface area contributed by atoms with Crippen LogP contribution < -0.4 is 0 Å². The summed E-state index contributed by atoms with van der Waals surface area (Å²) in [5, 5.41) is 0. The quantitative estimate of drug-likeness (QED) is 0.613. The van der Waals surface area contributed by atoms with E-state index in [4.69, 9.17) is 4.74 Å².